The minimum Gasteiger partial charge on any atom is -0.326 e. The average Bonchev–Trinajstić information content (AvgIpc) is 3.27. The molecule has 0 saturated heterocycles. The summed E-state index contributed by atoms with van der Waals surface area (Å²) < 4.78 is 17.6. The number of carbonyl (C=O) groups is 1. The fourth-order valence-corrected chi connectivity index (χ4v) is 3.43. The molecule has 0 N–H and O–H groups in total. The first-order valence-corrected chi connectivity index (χ1v) is 9.21. The summed E-state index contributed by atoms with van der Waals surface area (Å²) in [5.41, 5.74) is 2.73. The Kier molecular flexibility index (Phi) is 4.73. The van der Waals surface area contributed by atoms with Gasteiger partial charge in [0.1, 0.15) is 11.5 Å². The molecule has 0 radical (unpaired) electrons. The molecule has 0 saturated carbocycles. The van der Waals surface area contributed by atoms with Crippen molar-refractivity contribution in [1.82, 2.24) is 24.1 Å². The molecule has 0 fully saturated rings. The molecule has 0 amide bonds. The Balaban J connectivity index is 1.81. The zero-order chi connectivity index (χ0) is 19.7. The van der Waals surface area contributed by atoms with Gasteiger partial charge in [-0.1, -0.05) is 19.1 Å². The number of para-hydroxylation sites is 1. The van der Waals surface area contributed by atoms with Crippen LogP contribution in [-0.4, -0.2) is 29.9 Å². The molecule has 7 heteroatoms. The van der Waals surface area contributed by atoms with Crippen molar-refractivity contribution in [1.29, 1.82) is 0 Å². The molecule has 28 heavy (non-hydrogen) atoms. The van der Waals surface area contributed by atoms with Crippen LogP contribution in [0.1, 0.15) is 36.5 Å². The van der Waals surface area contributed by atoms with Gasteiger partial charge in [0.15, 0.2) is 11.6 Å². The summed E-state index contributed by atoms with van der Waals surface area (Å²) in [5.74, 6) is 0.838. The van der Waals surface area contributed by atoms with Crippen molar-refractivity contribution in [3.05, 3.63) is 66.1 Å². The molecule has 0 unspecified atom stereocenters. The fourth-order valence-electron chi connectivity index (χ4n) is 3.43. The van der Waals surface area contributed by atoms with E-state index in [2.05, 4.69) is 21.5 Å². The number of halogens is 1. The van der Waals surface area contributed by atoms with Crippen molar-refractivity contribution in [2.45, 2.75) is 33.4 Å². The second-order valence-electron chi connectivity index (χ2n) is 6.63. The Morgan fingerprint density at radius 1 is 1.14 bits per heavy atom. The van der Waals surface area contributed by atoms with Gasteiger partial charge in [-0.15, -0.1) is 0 Å². The first-order valence-electron chi connectivity index (χ1n) is 9.21. The molecule has 0 spiro atoms. The summed E-state index contributed by atoms with van der Waals surface area (Å²) in [7, 11) is 0. The predicted molar refractivity (Wildman–Crippen MR) is 105 cm³/mol. The number of pyridine rings is 1. The first kappa shape index (κ1) is 18.0. The molecule has 142 valence electrons. The quantitative estimate of drug-likeness (QED) is 0.375. The largest absolute Gasteiger partial charge is 0.326 e. The lowest BCUT2D eigenvalue weighted by atomic mass is 10.1. The van der Waals surface area contributed by atoms with Crippen LogP contribution in [0.25, 0.3) is 22.6 Å². The van der Waals surface area contributed by atoms with Crippen molar-refractivity contribution in [3.63, 3.8) is 0 Å². The molecule has 3 aromatic heterocycles. The average molecular weight is 377 g/mol. The summed E-state index contributed by atoms with van der Waals surface area (Å²) in [6.45, 7) is 4.88. The molecular formula is C21H20FN5O. The predicted octanol–water partition coefficient (Wildman–Crippen LogP) is 4.09. The summed E-state index contributed by atoms with van der Waals surface area (Å²) >= 11 is 0. The van der Waals surface area contributed by atoms with E-state index >= 15 is 0 Å². The molecule has 0 aliphatic heterocycles. The number of rotatable bonds is 6. The van der Waals surface area contributed by atoms with Gasteiger partial charge in [0.2, 0.25) is 5.95 Å². The lowest BCUT2D eigenvalue weighted by Gasteiger charge is -2.10. The van der Waals surface area contributed by atoms with Crippen LogP contribution in [0, 0.1) is 5.95 Å². The molecule has 6 nitrogen and oxygen atoms in total. The topological polar surface area (TPSA) is 65.6 Å². The second kappa shape index (κ2) is 7.34. The van der Waals surface area contributed by atoms with Gasteiger partial charge in [-0.05, 0) is 37.6 Å². The van der Waals surface area contributed by atoms with Gasteiger partial charge in [-0.2, -0.15) is 4.39 Å². The first-order chi connectivity index (χ1) is 13.6. The van der Waals surface area contributed by atoms with Crippen LogP contribution in [0.15, 0.2) is 48.8 Å². The molecule has 0 aliphatic rings. The van der Waals surface area contributed by atoms with E-state index in [1.54, 1.807) is 31.3 Å². The highest BCUT2D eigenvalue weighted by atomic mass is 19.1. The summed E-state index contributed by atoms with van der Waals surface area (Å²) in [6.07, 6.45) is 4.42. The van der Waals surface area contributed by atoms with Crippen LogP contribution in [0.2, 0.25) is 0 Å². The Morgan fingerprint density at radius 3 is 2.71 bits per heavy atom. The van der Waals surface area contributed by atoms with Crippen LogP contribution < -0.4 is 0 Å². The Bertz CT molecular complexity index is 1160. The molecule has 4 aromatic rings. The third-order valence-corrected chi connectivity index (χ3v) is 4.66. The minimum absolute atomic E-state index is 0.00872. The van der Waals surface area contributed by atoms with E-state index in [9.17, 15) is 9.18 Å². The van der Waals surface area contributed by atoms with Crippen LogP contribution in [-0.2, 0) is 13.1 Å². The molecule has 0 aliphatic carbocycles. The third kappa shape index (κ3) is 3.19. The molecule has 0 atom stereocenters. The van der Waals surface area contributed by atoms with Crippen molar-refractivity contribution in [2.75, 3.05) is 0 Å². The Labute approximate surface area is 161 Å². The van der Waals surface area contributed by atoms with Crippen LogP contribution in [0.3, 0.4) is 0 Å². The van der Waals surface area contributed by atoms with E-state index in [1.807, 2.05) is 22.9 Å². The number of imidazole rings is 2. The van der Waals surface area contributed by atoms with E-state index in [-0.39, 0.29) is 5.78 Å². The van der Waals surface area contributed by atoms with Gasteiger partial charge in [0, 0.05) is 24.5 Å². The van der Waals surface area contributed by atoms with Crippen molar-refractivity contribution < 1.29 is 9.18 Å². The normalized spacial score (nSPS) is 11.2. The third-order valence-electron chi connectivity index (χ3n) is 4.66. The van der Waals surface area contributed by atoms with Gasteiger partial charge in [-0.3, -0.25) is 4.79 Å². The van der Waals surface area contributed by atoms with E-state index < -0.39 is 5.95 Å². The number of hydrogen-bond acceptors (Lipinski definition) is 4. The zero-order valence-corrected chi connectivity index (χ0v) is 15.8. The van der Waals surface area contributed by atoms with Crippen molar-refractivity contribution in [3.8, 4) is 11.5 Å². The Morgan fingerprint density at radius 2 is 1.96 bits per heavy atom. The number of fused-ring (bicyclic) bond motifs is 1. The highest BCUT2D eigenvalue weighted by molar-refractivity contribution is 6.05. The molecule has 3 heterocycles. The number of benzene rings is 1. The maximum atomic E-state index is 13.5. The maximum Gasteiger partial charge on any atom is 0.213 e. The van der Waals surface area contributed by atoms with Gasteiger partial charge < -0.3 is 9.13 Å². The number of nitrogens with zero attached hydrogens (tertiary/aromatic N) is 5. The smallest absolute Gasteiger partial charge is 0.213 e. The summed E-state index contributed by atoms with van der Waals surface area (Å²) in [6, 6.07) is 10.3. The maximum absolute atomic E-state index is 13.5. The van der Waals surface area contributed by atoms with Gasteiger partial charge >= 0.3 is 0 Å². The number of carbonyl (C=O) groups excluding carboxylic acids is 1. The van der Waals surface area contributed by atoms with Crippen molar-refractivity contribution in [2.24, 2.45) is 0 Å². The van der Waals surface area contributed by atoms with E-state index in [0.717, 1.165) is 24.3 Å². The molecular weight excluding hydrogens is 357 g/mol. The number of hydrogen-bond donors (Lipinski definition) is 0. The van der Waals surface area contributed by atoms with Gasteiger partial charge in [0.25, 0.3) is 0 Å². The number of ketones is 1. The SMILES string of the molecule is CCCn1c(Cn2ccnc2-c2cccc(F)n2)nc2c(C(C)=O)cccc21. The van der Waals surface area contributed by atoms with Crippen LogP contribution in [0.5, 0.6) is 0 Å². The monoisotopic (exact) mass is 377 g/mol. The van der Waals surface area contributed by atoms with E-state index in [4.69, 9.17) is 4.98 Å². The lowest BCUT2D eigenvalue weighted by Crippen LogP contribution is -2.10. The van der Waals surface area contributed by atoms with E-state index in [1.165, 1.54) is 6.07 Å². The minimum atomic E-state index is -0.545. The number of Topliss-reactive ketones (excluding diaryl/α,β-unsaturated/α-hetero) is 1. The highest BCUT2D eigenvalue weighted by Gasteiger charge is 2.17. The van der Waals surface area contributed by atoms with Crippen molar-refractivity contribution >= 4 is 16.8 Å². The molecule has 1 aromatic carbocycles. The van der Waals surface area contributed by atoms with Crippen LogP contribution >= 0.6 is 0 Å². The number of aryl methyl sites for hydroxylation is 1. The Hall–Kier alpha value is -3.35. The number of aromatic nitrogens is 5. The van der Waals surface area contributed by atoms with Crippen LogP contribution in [0.4, 0.5) is 4.39 Å². The van der Waals surface area contributed by atoms with E-state index in [0.29, 0.717) is 29.1 Å². The summed E-state index contributed by atoms with van der Waals surface area (Å²) in [5, 5.41) is 0. The summed E-state index contributed by atoms with van der Waals surface area (Å²) in [4.78, 5) is 25.1. The van der Waals surface area contributed by atoms with Gasteiger partial charge in [0.05, 0.1) is 17.6 Å². The lowest BCUT2D eigenvalue weighted by molar-refractivity contribution is 0.101. The zero-order valence-electron chi connectivity index (χ0n) is 15.8. The highest BCUT2D eigenvalue weighted by Crippen LogP contribution is 2.23. The molecule has 4 rings (SSSR count). The molecule has 0 bridgehead atoms. The standard InChI is InChI=1S/C21H20FN5O/c1-3-11-27-17-8-4-6-15(14(2)28)20(17)25-19(27)13-26-12-10-23-21(26)16-7-5-9-18(22)24-16/h4-10,12H,3,11,13H2,1-2H3. The fraction of sp³-hybridized carbons (Fsp3) is 0.238. The van der Waals surface area contributed by atoms with Gasteiger partial charge in [-0.25, -0.2) is 15.0 Å². The second-order valence-corrected chi connectivity index (χ2v) is 6.63.